The average molecular weight is 287 g/mol. The number of nitrogens with zero attached hydrogens (tertiary/aromatic N) is 1. The van der Waals surface area contributed by atoms with Crippen molar-refractivity contribution >= 4 is 11.7 Å². The van der Waals surface area contributed by atoms with E-state index in [1.54, 1.807) is 0 Å². The molecule has 0 bridgehead atoms. The summed E-state index contributed by atoms with van der Waals surface area (Å²) in [7, 11) is 0. The molecule has 3 heteroatoms. The third kappa shape index (κ3) is 2.54. The molecule has 0 aromatic heterocycles. The molecule has 1 N–H and O–H groups in total. The Morgan fingerprint density at radius 3 is 2.86 bits per heavy atom. The van der Waals surface area contributed by atoms with Gasteiger partial charge in [0, 0.05) is 18.3 Å². The third-order valence-electron chi connectivity index (χ3n) is 5.37. The number of carboxylic acids is 1. The van der Waals surface area contributed by atoms with Crippen molar-refractivity contribution in [2.45, 2.75) is 52.0 Å². The summed E-state index contributed by atoms with van der Waals surface area (Å²) in [6.07, 6.45) is 4.87. The number of carboxylic acid groups (broad SMARTS) is 1. The molecule has 0 spiro atoms. The smallest absolute Gasteiger partial charge is 0.311 e. The molecule has 3 nitrogen and oxygen atoms in total. The van der Waals surface area contributed by atoms with Crippen LogP contribution < -0.4 is 4.90 Å². The minimum Gasteiger partial charge on any atom is -0.481 e. The van der Waals surface area contributed by atoms with Gasteiger partial charge >= 0.3 is 5.97 Å². The van der Waals surface area contributed by atoms with Gasteiger partial charge in [-0.25, -0.2) is 0 Å². The molecule has 1 aromatic carbocycles. The quantitative estimate of drug-likeness (QED) is 0.921. The summed E-state index contributed by atoms with van der Waals surface area (Å²) in [4.78, 5) is 14.3. The van der Waals surface area contributed by atoms with E-state index in [1.165, 1.54) is 17.7 Å². The molecule has 3 unspecified atom stereocenters. The van der Waals surface area contributed by atoms with Gasteiger partial charge in [0.15, 0.2) is 0 Å². The fourth-order valence-corrected chi connectivity index (χ4v) is 4.26. The third-order valence-corrected chi connectivity index (χ3v) is 5.37. The molecule has 0 radical (unpaired) electrons. The largest absolute Gasteiger partial charge is 0.481 e. The van der Waals surface area contributed by atoms with Crippen LogP contribution in [0.4, 0.5) is 5.69 Å². The topological polar surface area (TPSA) is 40.5 Å². The molecule has 21 heavy (non-hydrogen) atoms. The molecule has 1 aliphatic carbocycles. The Morgan fingerprint density at radius 2 is 2.14 bits per heavy atom. The second kappa shape index (κ2) is 5.36. The number of aliphatic carboxylic acids is 1. The van der Waals surface area contributed by atoms with Crippen molar-refractivity contribution < 1.29 is 9.90 Å². The van der Waals surface area contributed by atoms with Gasteiger partial charge in [0.2, 0.25) is 0 Å². The van der Waals surface area contributed by atoms with Gasteiger partial charge in [-0.1, -0.05) is 38.0 Å². The summed E-state index contributed by atoms with van der Waals surface area (Å²) < 4.78 is 0. The van der Waals surface area contributed by atoms with Gasteiger partial charge in [-0.15, -0.1) is 0 Å². The second-order valence-electron chi connectivity index (χ2n) is 7.10. The SMILES string of the molecule is CC1CCCC(CN2c3ccccc3CC2C)(C(=O)O)C1. The van der Waals surface area contributed by atoms with E-state index in [4.69, 9.17) is 0 Å². The lowest BCUT2D eigenvalue weighted by Gasteiger charge is -2.41. The van der Waals surface area contributed by atoms with E-state index in [9.17, 15) is 9.90 Å². The van der Waals surface area contributed by atoms with E-state index in [-0.39, 0.29) is 0 Å². The van der Waals surface area contributed by atoms with Gasteiger partial charge in [-0.3, -0.25) is 4.79 Å². The average Bonchev–Trinajstić information content (AvgIpc) is 2.75. The van der Waals surface area contributed by atoms with Crippen LogP contribution in [0.15, 0.2) is 24.3 Å². The summed E-state index contributed by atoms with van der Waals surface area (Å²) in [5.41, 5.74) is 2.03. The van der Waals surface area contributed by atoms with Gasteiger partial charge in [-0.2, -0.15) is 0 Å². The minimum absolute atomic E-state index is 0.399. The first-order chi connectivity index (χ1) is 10.0. The Balaban J connectivity index is 1.88. The van der Waals surface area contributed by atoms with Crippen molar-refractivity contribution in [3.8, 4) is 0 Å². The highest BCUT2D eigenvalue weighted by atomic mass is 16.4. The predicted octanol–water partition coefficient (Wildman–Crippen LogP) is 3.72. The second-order valence-corrected chi connectivity index (χ2v) is 7.10. The Morgan fingerprint density at radius 1 is 1.38 bits per heavy atom. The highest BCUT2D eigenvalue weighted by Gasteiger charge is 2.45. The first kappa shape index (κ1) is 14.4. The van der Waals surface area contributed by atoms with E-state index in [2.05, 4.69) is 43.0 Å². The van der Waals surface area contributed by atoms with Gasteiger partial charge in [0.25, 0.3) is 0 Å². The zero-order valence-electron chi connectivity index (χ0n) is 13.0. The molecule has 1 aromatic rings. The van der Waals surface area contributed by atoms with Crippen LogP contribution >= 0.6 is 0 Å². The molecular weight excluding hydrogens is 262 g/mol. The van der Waals surface area contributed by atoms with Gasteiger partial charge in [0.1, 0.15) is 0 Å². The lowest BCUT2D eigenvalue weighted by molar-refractivity contribution is -0.151. The highest BCUT2D eigenvalue weighted by Crippen LogP contribution is 2.43. The summed E-state index contributed by atoms with van der Waals surface area (Å²) in [6.45, 7) is 5.06. The van der Waals surface area contributed by atoms with E-state index in [0.29, 0.717) is 18.5 Å². The summed E-state index contributed by atoms with van der Waals surface area (Å²) >= 11 is 0. The number of hydrogen-bond donors (Lipinski definition) is 1. The molecule has 3 atom stereocenters. The van der Waals surface area contributed by atoms with E-state index in [0.717, 1.165) is 25.7 Å². The van der Waals surface area contributed by atoms with Crippen molar-refractivity contribution in [2.75, 3.05) is 11.4 Å². The van der Waals surface area contributed by atoms with Crippen molar-refractivity contribution in [3.05, 3.63) is 29.8 Å². The zero-order chi connectivity index (χ0) is 15.0. The van der Waals surface area contributed by atoms with E-state index >= 15 is 0 Å². The maximum absolute atomic E-state index is 12.0. The summed E-state index contributed by atoms with van der Waals surface area (Å²) in [5, 5.41) is 9.87. The van der Waals surface area contributed by atoms with Crippen LogP contribution in [0.3, 0.4) is 0 Å². The minimum atomic E-state index is -0.606. The number of hydrogen-bond acceptors (Lipinski definition) is 2. The van der Waals surface area contributed by atoms with Crippen LogP contribution in [0.25, 0.3) is 0 Å². The van der Waals surface area contributed by atoms with E-state index in [1.807, 2.05) is 0 Å². The number of fused-ring (bicyclic) bond motifs is 1. The number of anilines is 1. The maximum Gasteiger partial charge on any atom is 0.311 e. The fraction of sp³-hybridized carbons (Fsp3) is 0.611. The van der Waals surface area contributed by atoms with Crippen LogP contribution in [0.2, 0.25) is 0 Å². The normalized spacial score (nSPS) is 32.0. The lowest BCUT2D eigenvalue weighted by Crippen LogP contribution is -2.47. The van der Waals surface area contributed by atoms with Crippen molar-refractivity contribution in [2.24, 2.45) is 11.3 Å². The standard InChI is InChI=1S/C18H25NO2/c1-13-6-5-9-18(11-13,17(20)21)12-19-14(2)10-15-7-3-4-8-16(15)19/h3-4,7-8,13-14H,5-6,9-12H2,1-2H3,(H,20,21). The summed E-state index contributed by atoms with van der Waals surface area (Å²) in [6, 6.07) is 8.84. The highest BCUT2D eigenvalue weighted by molar-refractivity contribution is 5.76. The van der Waals surface area contributed by atoms with Crippen molar-refractivity contribution in [1.82, 2.24) is 0 Å². The molecule has 114 valence electrons. The Hall–Kier alpha value is -1.51. The number of benzene rings is 1. The molecular formula is C18H25NO2. The van der Waals surface area contributed by atoms with Gasteiger partial charge in [-0.05, 0) is 43.7 Å². The molecule has 0 saturated heterocycles. The Kier molecular flexibility index (Phi) is 3.68. The zero-order valence-corrected chi connectivity index (χ0v) is 13.0. The monoisotopic (exact) mass is 287 g/mol. The summed E-state index contributed by atoms with van der Waals surface area (Å²) in [5.74, 6) is -0.0892. The predicted molar refractivity (Wildman–Crippen MR) is 84.7 cm³/mol. The van der Waals surface area contributed by atoms with Gasteiger partial charge in [0.05, 0.1) is 5.41 Å². The molecule has 0 amide bonds. The fourth-order valence-electron chi connectivity index (χ4n) is 4.26. The molecule has 1 aliphatic heterocycles. The Bertz CT molecular complexity index is 542. The lowest BCUT2D eigenvalue weighted by atomic mass is 9.69. The molecule has 1 fully saturated rings. The van der Waals surface area contributed by atoms with E-state index < -0.39 is 11.4 Å². The van der Waals surface area contributed by atoms with Crippen LogP contribution in [-0.2, 0) is 11.2 Å². The number of carbonyl (C=O) groups is 1. The molecule has 3 rings (SSSR count). The molecule has 1 heterocycles. The van der Waals surface area contributed by atoms with Crippen LogP contribution in [0.1, 0.15) is 45.1 Å². The number of rotatable bonds is 3. The molecule has 1 saturated carbocycles. The first-order valence-corrected chi connectivity index (χ1v) is 8.10. The maximum atomic E-state index is 12.0. The Labute approximate surface area is 127 Å². The molecule has 2 aliphatic rings. The van der Waals surface area contributed by atoms with Gasteiger partial charge < -0.3 is 10.0 Å². The van der Waals surface area contributed by atoms with Crippen molar-refractivity contribution in [3.63, 3.8) is 0 Å². The first-order valence-electron chi connectivity index (χ1n) is 8.10. The van der Waals surface area contributed by atoms with Crippen LogP contribution in [0.5, 0.6) is 0 Å². The number of para-hydroxylation sites is 1. The van der Waals surface area contributed by atoms with Crippen LogP contribution in [-0.4, -0.2) is 23.7 Å². The van der Waals surface area contributed by atoms with Crippen molar-refractivity contribution in [1.29, 1.82) is 0 Å². The van der Waals surface area contributed by atoms with Crippen LogP contribution in [0, 0.1) is 11.3 Å².